The lowest BCUT2D eigenvalue weighted by Gasteiger charge is -2.12. The highest BCUT2D eigenvalue weighted by Crippen LogP contribution is 2.23. The maximum Gasteiger partial charge on any atom is 0.517 e. The van der Waals surface area contributed by atoms with Gasteiger partial charge >= 0.3 is 12.1 Å². The number of hydrogen-bond donors (Lipinski definition) is 0. The molecule has 0 radical (unpaired) electrons. The maximum atomic E-state index is 10.8. The zero-order valence-electron chi connectivity index (χ0n) is 5.84. The zero-order chi connectivity index (χ0) is 7.78. The fraction of sp³-hybridized carbons (Fsp3) is 0.667. The second-order valence-corrected chi connectivity index (χ2v) is 2.33. The number of rotatable bonds is 1. The first-order valence-electron chi connectivity index (χ1n) is 3.04. The van der Waals surface area contributed by atoms with Gasteiger partial charge in [0, 0.05) is 0 Å². The lowest BCUT2D eigenvalue weighted by Crippen LogP contribution is -2.31. The summed E-state index contributed by atoms with van der Waals surface area (Å²) in [4.78, 5) is 21.1. The van der Waals surface area contributed by atoms with Crippen molar-refractivity contribution in [2.24, 2.45) is 0 Å². The van der Waals surface area contributed by atoms with Gasteiger partial charge in [-0.2, -0.15) is 0 Å². The van der Waals surface area contributed by atoms with Crippen molar-refractivity contribution in [2.45, 2.75) is 25.9 Å². The summed E-state index contributed by atoms with van der Waals surface area (Å²) in [5, 5.41) is 0. The van der Waals surface area contributed by atoms with Crippen molar-refractivity contribution in [3.63, 3.8) is 0 Å². The highest BCUT2D eigenvalue weighted by atomic mass is 16.8. The van der Waals surface area contributed by atoms with Crippen LogP contribution in [0.4, 0.5) is 4.79 Å². The van der Waals surface area contributed by atoms with Gasteiger partial charge in [0.05, 0.1) is 0 Å². The molecule has 10 heavy (non-hydrogen) atoms. The van der Waals surface area contributed by atoms with E-state index in [0.717, 1.165) is 0 Å². The number of ether oxygens (including phenoxy) is 2. The molecular weight excluding hydrogens is 136 g/mol. The van der Waals surface area contributed by atoms with E-state index in [9.17, 15) is 9.59 Å². The molecule has 1 rings (SSSR count). The van der Waals surface area contributed by atoms with Crippen LogP contribution in [-0.2, 0) is 14.3 Å². The molecule has 0 N–H and O–H groups in total. The molecule has 0 aliphatic carbocycles. The molecule has 0 bridgehead atoms. The normalized spacial score (nSPS) is 31.8. The van der Waals surface area contributed by atoms with Gasteiger partial charge in [-0.05, 0) is 13.3 Å². The van der Waals surface area contributed by atoms with Crippen molar-refractivity contribution in [2.75, 3.05) is 0 Å². The quantitative estimate of drug-likeness (QED) is 0.404. The summed E-state index contributed by atoms with van der Waals surface area (Å²) >= 11 is 0. The minimum atomic E-state index is -1.04. The maximum absolute atomic E-state index is 10.8. The summed E-state index contributed by atoms with van der Waals surface area (Å²) in [5.74, 6) is -0.597. The first-order valence-corrected chi connectivity index (χ1v) is 3.04. The summed E-state index contributed by atoms with van der Waals surface area (Å²) < 4.78 is 8.77. The van der Waals surface area contributed by atoms with Crippen molar-refractivity contribution in [3.05, 3.63) is 0 Å². The molecule has 1 aliphatic heterocycles. The topological polar surface area (TPSA) is 52.6 Å². The minimum Gasteiger partial charge on any atom is -0.416 e. The van der Waals surface area contributed by atoms with E-state index in [-0.39, 0.29) is 0 Å². The molecule has 0 aromatic rings. The van der Waals surface area contributed by atoms with Crippen LogP contribution >= 0.6 is 0 Å². The Bertz CT molecular complexity index is 186. The van der Waals surface area contributed by atoms with Crippen molar-refractivity contribution in [1.82, 2.24) is 0 Å². The van der Waals surface area contributed by atoms with Gasteiger partial charge in [0.1, 0.15) is 0 Å². The van der Waals surface area contributed by atoms with E-state index in [1.807, 2.05) is 0 Å². The fourth-order valence-electron chi connectivity index (χ4n) is 0.647. The Kier molecular flexibility index (Phi) is 1.39. The fourth-order valence-corrected chi connectivity index (χ4v) is 0.647. The number of hydrogen-bond acceptors (Lipinski definition) is 4. The number of carbonyl (C=O) groups excluding carboxylic acids is 2. The predicted molar refractivity (Wildman–Crippen MR) is 31.3 cm³/mol. The van der Waals surface area contributed by atoms with Gasteiger partial charge in [-0.15, -0.1) is 0 Å². The molecule has 0 aromatic heterocycles. The molecule has 0 amide bonds. The van der Waals surface area contributed by atoms with Crippen LogP contribution in [0.5, 0.6) is 0 Å². The Labute approximate surface area is 58.1 Å². The van der Waals surface area contributed by atoms with Crippen molar-refractivity contribution in [1.29, 1.82) is 0 Å². The second-order valence-electron chi connectivity index (χ2n) is 2.33. The Hall–Kier alpha value is -1.06. The van der Waals surface area contributed by atoms with Crippen LogP contribution in [0.1, 0.15) is 20.3 Å². The standard InChI is InChI=1S/C6H8O4/c1-3-6(2)4(7)9-5(8)10-6/h3H2,1-2H3/t6-/m1/s1. The summed E-state index contributed by atoms with van der Waals surface area (Å²) in [5.41, 5.74) is -1.04. The molecule has 4 nitrogen and oxygen atoms in total. The average molecular weight is 144 g/mol. The number of esters is 1. The third-order valence-corrected chi connectivity index (χ3v) is 1.59. The van der Waals surface area contributed by atoms with E-state index in [1.54, 1.807) is 6.92 Å². The smallest absolute Gasteiger partial charge is 0.416 e. The van der Waals surface area contributed by atoms with Crippen molar-refractivity contribution >= 4 is 12.1 Å². The van der Waals surface area contributed by atoms with Gasteiger partial charge in [-0.3, -0.25) is 0 Å². The lowest BCUT2D eigenvalue weighted by atomic mass is 10.1. The summed E-state index contributed by atoms with van der Waals surface area (Å²) in [7, 11) is 0. The van der Waals surface area contributed by atoms with Gasteiger partial charge in [0.2, 0.25) is 5.60 Å². The highest BCUT2D eigenvalue weighted by molar-refractivity contribution is 5.93. The van der Waals surface area contributed by atoms with Crippen molar-refractivity contribution in [3.8, 4) is 0 Å². The van der Waals surface area contributed by atoms with Crippen LogP contribution in [0.25, 0.3) is 0 Å². The molecule has 0 aromatic carbocycles. The third kappa shape index (κ3) is 0.853. The van der Waals surface area contributed by atoms with Crippen LogP contribution in [0, 0.1) is 0 Å². The second kappa shape index (κ2) is 1.97. The van der Waals surface area contributed by atoms with Gasteiger partial charge < -0.3 is 9.47 Å². The molecular formula is C6H8O4. The average Bonchev–Trinajstić information content (AvgIpc) is 2.09. The highest BCUT2D eigenvalue weighted by Gasteiger charge is 2.45. The van der Waals surface area contributed by atoms with Gasteiger partial charge in [-0.25, -0.2) is 9.59 Å². The Morgan fingerprint density at radius 2 is 2.10 bits per heavy atom. The molecule has 1 atom stereocenters. The summed E-state index contributed by atoms with van der Waals surface area (Å²) in [6, 6.07) is 0. The SMILES string of the molecule is CC[C@@]1(C)OC(=O)OC1=O. The first-order chi connectivity index (χ1) is 4.58. The molecule has 1 heterocycles. The molecule has 0 spiro atoms. The number of carbonyl (C=O) groups is 2. The van der Waals surface area contributed by atoms with Crippen LogP contribution in [0.15, 0.2) is 0 Å². The van der Waals surface area contributed by atoms with Crippen LogP contribution < -0.4 is 0 Å². The minimum absolute atomic E-state index is 0.442. The zero-order valence-corrected chi connectivity index (χ0v) is 5.84. The van der Waals surface area contributed by atoms with Gasteiger partial charge in [0.15, 0.2) is 0 Å². The Morgan fingerprint density at radius 3 is 2.30 bits per heavy atom. The monoisotopic (exact) mass is 144 g/mol. The van der Waals surface area contributed by atoms with E-state index in [0.29, 0.717) is 6.42 Å². The van der Waals surface area contributed by atoms with Crippen LogP contribution in [0.3, 0.4) is 0 Å². The Balaban J connectivity index is 2.80. The summed E-state index contributed by atoms with van der Waals surface area (Å²) in [6.45, 7) is 3.28. The molecule has 56 valence electrons. The lowest BCUT2D eigenvalue weighted by molar-refractivity contribution is -0.142. The molecule has 1 saturated heterocycles. The first kappa shape index (κ1) is 7.05. The van der Waals surface area contributed by atoms with E-state index in [4.69, 9.17) is 0 Å². The van der Waals surface area contributed by atoms with Gasteiger partial charge in [0.25, 0.3) is 0 Å². The number of cyclic esters (lactones) is 3. The van der Waals surface area contributed by atoms with E-state index in [2.05, 4.69) is 9.47 Å². The largest absolute Gasteiger partial charge is 0.517 e. The van der Waals surface area contributed by atoms with E-state index in [1.165, 1.54) is 6.92 Å². The molecule has 1 aliphatic rings. The molecule has 1 fully saturated rings. The third-order valence-electron chi connectivity index (χ3n) is 1.59. The van der Waals surface area contributed by atoms with E-state index >= 15 is 0 Å². The van der Waals surface area contributed by atoms with Crippen LogP contribution in [0.2, 0.25) is 0 Å². The van der Waals surface area contributed by atoms with Crippen molar-refractivity contribution < 1.29 is 19.1 Å². The van der Waals surface area contributed by atoms with Gasteiger partial charge in [-0.1, -0.05) is 6.92 Å². The Morgan fingerprint density at radius 1 is 1.50 bits per heavy atom. The predicted octanol–water partition coefficient (Wildman–Crippen LogP) is 0.849. The molecule has 0 saturated carbocycles. The molecule has 0 unspecified atom stereocenters. The summed E-state index contributed by atoms with van der Waals surface area (Å²) in [6.07, 6.45) is -0.452. The molecule has 4 heteroatoms. The van der Waals surface area contributed by atoms with Crippen LogP contribution in [-0.4, -0.2) is 17.7 Å². The van der Waals surface area contributed by atoms with E-state index < -0.39 is 17.7 Å².